The number of nitrogens with one attached hydrogen (secondary N) is 3. The van der Waals surface area contributed by atoms with Gasteiger partial charge in [-0.3, -0.25) is 4.79 Å². The first kappa shape index (κ1) is 23.1. The molecule has 0 saturated carbocycles. The Labute approximate surface area is 175 Å². The van der Waals surface area contributed by atoms with Crippen molar-refractivity contribution < 1.29 is 45.1 Å². The minimum atomic E-state index is -5.14. The van der Waals surface area contributed by atoms with Gasteiger partial charge >= 0.3 is 18.6 Å². The lowest BCUT2D eigenvalue weighted by molar-refractivity contribution is -0.274. The fourth-order valence-electron chi connectivity index (χ4n) is 2.86. The average Bonchev–Trinajstić information content (AvgIpc) is 3.12. The van der Waals surface area contributed by atoms with Gasteiger partial charge in [-0.1, -0.05) is 12.1 Å². The molecule has 172 valence electrons. The van der Waals surface area contributed by atoms with Crippen LogP contribution >= 0.6 is 0 Å². The van der Waals surface area contributed by atoms with Gasteiger partial charge in [-0.2, -0.15) is 13.2 Å². The summed E-state index contributed by atoms with van der Waals surface area (Å²) in [7, 11) is 0. The maximum atomic E-state index is 13.6. The summed E-state index contributed by atoms with van der Waals surface area (Å²) >= 11 is 0. The standard InChI is InChI=1S/C18H13F7N4O3/c19-10-5-6-11(27-14(10)17(20,21)22)13(29-15(30)12-7-26-16(31)28-12)8-1-3-9(4-2-8)32-18(23,24)25/h1-6,12-13H,7H2,(H,29,30)(H2,26,28,31)/t12-,13?/m0/s1. The van der Waals surface area contributed by atoms with E-state index in [1.54, 1.807) is 0 Å². The predicted molar refractivity (Wildman–Crippen MR) is 92.6 cm³/mol. The van der Waals surface area contributed by atoms with E-state index in [2.05, 4.69) is 25.7 Å². The second-order valence-corrected chi connectivity index (χ2v) is 6.53. The number of halogens is 7. The molecule has 2 heterocycles. The topological polar surface area (TPSA) is 92.4 Å². The molecule has 1 aliphatic rings. The quantitative estimate of drug-likeness (QED) is 0.591. The Morgan fingerprint density at radius 1 is 1.09 bits per heavy atom. The van der Waals surface area contributed by atoms with Crippen molar-refractivity contribution in [2.75, 3.05) is 6.54 Å². The van der Waals surface area contributed by atoms with Crippen molar-refractivity contribution >= 4 is 11.9 Å². The van der Waals surface area contributed by atoms with Crippen LogP contribution in [-0.2, 0) is 11.0 Å². The number of nitrogens with zero attached hydrogens (tertiary/aromatic N) is 1. The van der Waals surface area contributed by atoms with Crippen molar-refractivity contribution in [1.82, 2.24) is 20.9 Å². The molecule has 7 nitrogen and oxygen atoms in total. The van der Waals surface area contributed by atoms with Crippen LogP contribution in [0.1, 0.15) is 23.0 Å². The Balaban J connectivity index is 1.96. The molecular formula is C18H13F7N4O3. The van der Waals surface area contributed by atoms with Gasteiger partial charge in [-0.25, -0.2) is 14.2 Å². The molecule has 0 spiro atoms. The van der Waals surface area contributed by atoms with Gasteiger partial charge in [0.25, 0.3) is 0 Å². The molecule has 3 amide bonds. The van der Waals surface area contributed by atoms with Crippen LogP contribution in [0, 0.1) is 5.82 Å². The van der Waals surface area contributed by atoms with Crippen LogP contribution in [0.3, 0.4) is 0 Å². The van der Waals surface area contributed by atoms with E-state index in [0.717, 1.165) is 30.3 Å². The van der Waals surface area contributed by atoms with E-state index in [0.29, 0.717) is 6.07 Å². The predicted octanol–water partition coefficient (Wildman–Crippen LogP) is 3.03. The van der Waals surface area contributed by atoms with E-state index >= 15 is 0 Å². The molecule has 1 unspecified atom stereocenters. The number of alkyl halides is 6. The molecule has 3 N–H and O–H groups in total. The number of aromatic nitrogens is 1. The second kappa shape index (κ2) is 8.51. The molecule has 1 aliphatic heterocycles. The number of amides is 3. The number of urea groups is 1. The second-order valence-electron chi connectivity index (χ2n) is 6.53. The molecule has 2 atom stereocenters. The molecule has 2 aromatic rings. The highest BCUT2D eigenvalue weighted by molar-refractivity contribution is 5.90. The third kappa shape index (κ3) is 5.56. The first-order chi connectivity index (χ1) is 14.8. The van der Waals surface area contributed by atoms with Crippen LogP contribution in [0.5, 0.6) is 5.75 Å². The van der Waals surface area contributed by atoms with E-state index in [1.165, 1.54) is 0 Å². The van der Waals surface area contributed by atoms with E-state index in [-0.39, 0.29) is 12.1 Å². The number of carbonyl (C=O) groups excluding carboxylic acids is 2. The third-order valence-corrected chi connectivity index (χ3v) is 4.25. The summed E-state index contributed by atoms with van der Waals surface area (Å²) in [4.78, 5) is 27.0. The molecule has 1 saturated heterocycles. The van der Waals surface area contributed by atoms with Gasteiger partial charge in [0.15, 0.2) is 11.5 Å². The first-order valence-corrected chi connectivity index (χ1v) is 8.77. The molecule has 1 aromatic carbocycles. The highest BCUT2D eigenvalue weighted by Crippen LogP contribution is 2.32. The van der Waals surface area contributed by atoms with E-state index < -0.39 is 59.5 Å². The Morgan fingerprint density at radius 2 is 1.75 bits per heavy atom. The van der Waals surface area contributed by atoms with Gasteiger partial charge in [0.05, 0.1) is 11.7 Å². The van der Waals surface area contributed by atoms with Crippen LogP contribution in [0.15, 0.2) is 36.4 Å². The highest BCUT2D eigenvalue weighted by Gasteiger charge is 2.38. The number of ether oxygens (including phenoxy) is 1. The number of rotatable bonds is 5. The highest BCUT2D eigenvalue weighted by atomic mass is 19.4. The van der Waals surface area contributed by atoms with Crippen LogP contribution in [0.4, 0.5) is 35.5 Å². The summed E-state index contributed by atoms with van der Waals surface area (Å²) in [5, 5.41) is 6.96. The van der Waals surface area contributed by atoms with Crippen LogP contribution < -0.4 is 20.7 Å². The zero-order valence-electron chi connectivity index (χ0n) is 15.6. The van der Waals surface area contributed by atoms with Crippen LogP contribution in [0.25, 0.3) is 0 Å². The Kier molecular flexibility index (Phi) is 6.14. The molecule has 1 aromatic heterocycles. The summed E-state index contributed by atoms with van der Waals surface area (Å²) in [5.41, 5.74) is -2.24. The first-order valence-electron chi connectivity index (χ1n) is 8.77. The van der Waals surface area contributed by atoms with E-state index in [1.807, 2.05) is 0 Å². The lowest BCUT2D eigenvalue weighted by atomic mass is 10.0. The molecule has 0 bridgehead atoms. The molecule has 1 fully saturated rings. The fraction of sp³-hybridized carbons (Fsp3) is 0.278. The SMILES string of the molecule is O=C1NC[C@@H](C(=O)NC(c2ccc(OC(F)(F)F)cc2)c2ccc(F)c(C(F)(F)F)n2)N1. The monoisotopic (exact) mass is 466 g/mol. The number of carbonyl (C=O) groups is 2. The Morgan fingerprint density at radius 3 is 2.28 bits per heavy atom. The van der Waals surface area contributed by atoms with Gasteiger partial charge in [0.1, 0.15) is 11.8 Å². The molecule has 0 radical (unpaired) electrons. The Hall–Kier alpha value is -3.58. The number of hydrogen-bond donors (Lipinski definition) is 3. The summed E-state index contributed by atoms with van der Waals surface area (Å²) in [6.45, 7) is -0.111. The number of hydrogen-bond acceptors (Lipinski definition) is 4. The van der Waals surface area contributed by atoms with Gasteiger partial charge < -0.3 is 20.7 Å². The van der Waals surface area contributed by atoms with Gasteiger partial charge in [0.2, 0.25) is 5.91 Å². The lowest BCUT2D eigenvalue weighted by Gasteiger charge is -2.22. The minimum absolute atomic E-state index is 0.0254. The average molecular weight is 466 g/mol. The number of benzene rings is 1. The summed E-state index contributed by atoms with van der Waals surface area (Å²) in [5.74, 6) is -3.07. The van der Waals surface area contributed by atoms with Gasteiger partial charge in [0, 0.05) is 6.54 Å². The van der Waals surface area contributed by atoms with Crippen molar-refractivity contribution in [1.29, 1.82) is 0 Å². The largest absolute Gasteiger partial charge is 0.573 e. The molecular weight excluding hydrogens is 453 g/mol. The maximum absolute atomic E-state index is 13.6. The fourth-order valence-corrected chi connectivity index (χ4v) is 2.86. The van der Waals surface area contributed by atoms with Crippen molar-refractivity contribution in [2.24, 2.45) is 0 Å². The van der Waals surface area contributed by atoms with Crippen molar-refractivity contribution in [3.05, 3.63) is 59.2 Å². The molecule has 32 heavy (non-hydrogen) atoms. The smallest absolute Gasteiger partial charge is 0.406 e. The normalized spacial score (nSPS) is 17.3. The zero-order chi connectivity index (χ0) is 23.7. The third-order valence-electron chi connectivity index (χ3n) is 4.25. The molecule has 14 heteroatoms. The number of pyridine rings is 1. The molecule has 0 aliphatic carbocycles. The minimum Gasteiger partial charge on any atom is -0.406 e. The van der Waals surface area contributed by atoms with Gasteiger partial charge in [-0.05, 0) is 29.8 Å². The lowest BCUT2D eigenvalue weighted by Crippen LogP contribution is -2.44. The molecule has 3 rings (SSSR count). The van der Waals surface area contributed by atoms with Gasteiger partial charge in [-0.15, -0.1) is 13.2 Å². The summed E-state index contributed by atoms with van der Waals surface area (Å²) in [6, 6.07) is 2.16. The maximum Gasteiger partial charge on any atom is 0.573 e. The van der Waals surface area contributed by atoms with E-state index in [4.69, 9.17) is 0 Å². The van der Waals surface area contributed by atoms with E-state index in [9.17, 15) is 40.3 Å². The van der Waals surface area contributed by atoms with Crippen molar-refractivity contribution in [2.45, 2.75) is 24.6 Å². The van der Waals surface area contributed by atoms with Crippen LogP contribution in [0.2, 0.25) is 0 Å². The van der Waals surface area contributed by atoms with Crippen LogP contribution in [-0.4, -0.2) is 35.9 Å². The Bertz CT molecular complexity index is 1010. The van der Waals surface area contributed by atoms with Crippen molar-refractivity contribution in [3.63, 3.8) is 0 Å². The van der Waals surface area contributed by atoms with Crippen molar-refractivity contribution in [3.8, 4) is 5.75 Å². The summed E-state index contributed by atoms with van der Waals surface area (Å²) in [6.07, 6.45) is -10.1. The zero-order valence-corrected chi connectivity index (χ0v) is 15.6. The summed E-state index contributed by atoms with van der Waals surface area (Å²) < 4.78 is 93.7.